The Labute approximate surface area is 108 Å². The molecule has 1 aromatic rings. The third-order valence-electron chi connectivity index (χ3n) is 3.93. The molecule has 3 heteroatoms. The lowest BCUT2D eigenvalue weighted by atomic mass is 9.87. The number of halogens is 2. The molecule has 0 spiro atoms. The summed E-state index contributed by atoms with van der Waals surface area (Å²) in [5, 5.41) is 3.36. The van der Waals surface area contributed by atoms with Gasteiger partial charge >= 0.3 is 0 Å². The van der Waals surface area contributed by atoms with Gasteiger partial charge in [0, 0.05) is 17.6 Å². The van der Waals surface area contributed by atoms with Crippen LogP contribution in [0.1, 0.15) is 51.1 Å². The molecule has 1 aromatic carbocycles. The zero-order valence-electron chi connectivity index (χ0n) is 11.0. The summed E-state index contributed by atoms with van der Waals surface area (Å²) in [6, 6.07) is 4.15. The van der Waals surface area contributed by atoms with E-state index in [1.165, 1.54) is 31.0 Å². The Morgan fingerprint density at radius 3 is 2.22 bits per heavy atom. The first kappa shape index (κ1) is 13.5. The van der Waals surface area contributed by atoms with Gasteiger partial charge in [0.25, 0.3) is 0 Å². The fraction of sp³-hybridized carbons (Fsp3) is 0.600. The highest BCUT2D eigenvalue weighted by Gasteiger charge is 2.22. The van der Waals surface area contributed by atoms with Crippen LogP contribution in [0.2, 0.25) is 0 Å². The lowest BCUT2D eigenvalue weighted by Crippen LogP contribution is -2.35. The summed E-state index contributed by atoms with van der Waals surface area (Å²) >= 11 is 0. The minimum Gasteiger partial charge on any atom is -0.307 e. The molecule has 0 aliphatic heterocycles. The molecule has 0 aromatic heterocycles. The van der Waals surface area contributed by atoms with E-state index in [1.54, 1.807) is 0 Å². The maximum absolute atomic E-state index is 13.6. The predicted molar refractivity (Wildman–Crippen MR) is 69.3 cm³/mol. The minimum absolute atomic E-state index is 0.163. The number of nitrogens with one attached hydrogen (secondary N) is 1. The molecule has 2 rings (SSSR count). The largest absolute Gasteiger partial charge is 0.307 e. The van der Waals surface area contributed by atoms with Gasteiger partial charge in [-0.05, 0) is 50.7 Å². The van der Waals surface area contributed by atoms with E-state index in [0.717, 1.165) is 18.8 Å². The number of rotatable bonds is 3. The topological polar surface area (TPSA) is 12.0 Å². The Morgan fingerprint density at radius 1 is 1.11 bits per heavy atom. The van der Waals surface area contributed by atoms with Crippen molar-refractivity contribution in [2.45, 2.75) is 51.6 Å². The van der Waals surface area contributed by atoms with E-state index in [0.29, 0.717) is 6.04 Å². The van der Waals surface area contributed by atoms with Gasteiger partial charge in [0.1, 0.15) is 11.6 Å². The van der Waals surface area contributed by atoms with Gasteiger partial charge in [0.15, 0.2) is 0 Å². The zero-order chi connectivity index (χ0) is 13.1. The maximum Gasteiger partial charge on any atom is 0.130 e. The fourth-order valence-electron chi connectivity index (χ4n) is 2.79. The molecule has 1 unspecified atom stereocenters. The van der Waals surface area contributed by atoms with Gasteiger partial charge in [0.2, 0.25) is 0 Å². The first-order valence-corrected chi connectivity index (χ1v) is 6.78. The normalized spacial score (nSPS) is 26.0. The molecule has 0 bridgehead atoms. The quantitative estimate of drug-likeness (QED) is 0.851. The monoisotopic (exact) mass is 253 g/mol. The van der Waals surface area contributed by atoms with Crippen LogP contribution in [0.4, 0.5) is 8.78 Å². The van der Waals surface area contributed by atoms with Crippen LogP contribution in [0.25, 0.3) is 0 Å². The van der Waals surface area contributed by atoms with Crippen molar-refractivity contribution in [2.24, 2.45) is 5.92 Å². The van der Waals surface area contributed by atoms with E-state index in [-0.39, 0.29) is 11.6 Å². The molecule has 1 saturated carbocycles. The summed E-state index contributed by atoms with van der Waals surface area (Å²) in [5.41, 5.74) is 0.163. The van der Waals surface area contributed by atoms with Crippen molar-refractivity contribution < 1.29 is 8.78 Å². The van der Waals surface area contributed by atoms with Gasteiger partial charge in [-0.2, -0.15) is 0 Å². The van der Waals surface area contributed by atoms with Crippen LogP contribution >= 0.6 is 0 Å². The molecule has 1 aliphatic carbocycles. The summed E-state index contributed by atoms with van der Waals surface area (Å²) in [6.07, 6.45) is 4.59. The predicted octanol–water partition coefficient (Wildman–Crippen LogP) is 4.19. The lowest BCUT2D eigenvalue weighted by Gasteiger charge is -2.30. The first-order valence-electron chi connectivity index (χ1n) is 6.78. The molecule has 0 radical (unpaired) electrons. The molecule has 100 valence electrons. The Bertz CT molecular complexity index is 377. The second kappa shape index (κ2) is 5.79. The van der Waals surface area contributed by atoms with E-state index >= 15 is 0 Å². The summed E-state index contributed by atoms with van der Waals surface area (Å²) in [5.74, 6) is -0.137. The highest BCUT2D eigenvalue weighted by Crippen LogP contribution is 2.27. The summed E-state index contributed by atoms with van der Waals surface area (Å²) in [7, 11) is 0. The van der Waals surface area contributed by atoms with E-state index in [1.807, 2.05) is 6.92 Å². The van der Waals surface area contributed by atoms with Crippen LogP contribution in [-0.2, 0) is 0 Å². The molecule has 1 aliphatic rings. The zero-order valence-corrected chi connectivity index (χ0v) is 11.0. The van der Waals surface area contributed by atoms with Crippen molar-refractivity contribution in [3.05, 3.63) is 35.4 Å². The smallest absolute Gasteiger partial charge is 0.130 e. The molecule has 0 heterocycles. The molecule has 1 nitrogen and oxygen atoms in total. The van der Waals surface area contributed by atoms with Crippen LogP contribution < -0.4 is 5.32 Å². The molecule has 1 fully saturated rings. The number of hydrogen-bond donors (Lipinski definition) is 1. The highest BCUT2D eigenvalue weighted by molar-refractivity contribution is 5.22. The van der Waals surface area contributed by atoms with Crippen molar-refractivity contribution in [1.82, 2.24) is 5.32 Å². The number of hydrogen-bond acceptors (Lipinski definition) is 1. The fourth-order valence-corrected chi connectivity index (χ4v) is 2.79. The molecule has 1 N–H and O–H groups in total. The molecule has 18 heavy (non-hydrogen) atoms. The van der Waals surface area contributed by atoms with Crippen molar-refractivity contribution in [3.8, 4) is 0 Å². The summed E-state index contributed by atoms with van der Waals surface area (Å²) in [6.45, 7) is 4.09. The first-order chi connectivity index (χ1) is 8.58. The van der Waals surface area contributed by atoms with Crippen LogP contribution in [0.15, 0.2) is 18.2 Å². The van der Waals surface area contributed by atoms with Gasteiger partial charge < -0.3 is 5.32 Å². The van der Waals surface area contributed by atoms with Crippen molar-refractivity contribution in [1.29, 1.82) is 0 Å². The average Bonchev–Trinajstić information content (AvgIpc) is 2.32. The van der Waals surface area contributed by atoms with Gasteiger partial charge in [-0.3, -0.25) is 0 Å². The van der Waals surface area contributed by atoms with E-state index in [2.05, 4.69) is 12.2 Å². The van der Waals surface area contributed by atoms with Crippen LogP contribution in [0, 0.1) is 17.6 Å². The van der Waals surface area contributed by atoms with Crippen LogP contribution in [0.3, 0.4) is 0 Å². The van der Waals surface area contributed by atoms with E-state index < -0.39 is 11.6 Å². The van der Waals surface area contributed by atoms with Crippen molar-refractivity contribution >= 4 is 0 Å². The van der Waals surface area contributed by atoms with Gasteiger partial charge in [-0.25, -0.2) is 8.78 Å². The van der Waals surface area contributed by atoms with E-state index in [9.17, 15) is 8.78 Å². The second-order valence-electron chi connectivity index (χ2n) is 5.48. The summed E-state index contributed by atoms with van der Waals surface area (Å²) < 4.78 is 27.3. The average molecular weight is 253 g/mol. The highest BCUT2D eigenvalue weighted by atomic mass is 19.1. The molecule has 0 saturated heterocycles. The van der Waals surface area contributed by atoms with Crippen LogP contribution in [-0.4, -0.2) is 6.04 Å². The third-order valence-corrected chi connectivity index (χ3v) is 3.93. The van der Waals surface area contributed by atoms with Gasteiger partial charge in [-0.1, -0.05) is 13.0 Å². The third kappa shape index (κ3) is 3.08. The standard InChI is InChI=1S/C15H21F2N/c1-10-6-8-12(9-7-10)18-11(2)15-13(16)4-3-5-14(15)17/h3-5,10-12,18H,6-9H2,1-2H3. The number of benzene rings is 1. The Kier molecular flexibility index (Phi) is 4.33. The molecule has 0 amide bonds. The van der Waals surface area contributed by atoms with Crippen LogP contribution in [0.5, 0.6) is 0 Å². The minimum atomic E-state index is -0.459. The molecule has 1 atom stereocenters. The van der Waals surface area contributed by atoms with E-state index in [4.69, 9.17) is 0 Å². The maximum atomic E-state index is 13.6. The second-order valence-corrected chi connectivity index (χ2v) is 5.48. The summed E-state index contributed by atoms with van der Waals surface area (Å²) in [4.78, 5) is 0. The van der Waals surface area contributed by atoms with Gasteiger partial charge in [0.05, 0.1) is 0 Å². The Balaban J connectivity index is 2.01. The molecular weight excluding hydrogens is 232 g/mol. The van der Waals surface area contributed by atoms with Crippen molar-refractivity contribution in [3.63, 3.8) is 0 Å². The van der Waals surface area contributed by atoms with Gasteiger partial charge in [-0.15, -0.1) is 0 Å². The Hall–Kier alpha value is -0.960. The molecular formula is C15H21F2N. The SMILES string of the molecule is CC1CCC(NC(C)c2c(F)cccc2F)CC1. The van der Waals surface area contributed by atoms with Crippen molar-refractivity contribution in [2.75, 3.05) is 0 Å². The lowest BCUT2D eigenvalue weighted by molar-refractivity contribution is 0.288. The Morgan fingerprint density at radius 2 is 1.67 bits per heavy atom.